The van der Waals surface area contributed by atoms with Crippen LogP contribution < -0.4 is 0 Å². The van der Waals surface area contributed by atoms with Crippen LogP contribution in [-0.2, 0) is 25.5 Å². The quantitative estimate of drug-likeness (QED) is 0.325. The number of aromatic nitrogens is 3. The Balaban J connectivity index is 1.35. The Hall–Kier alpha value is -3.42. The number of halogens is 1. The second kappa shape index (κ2) is 9.35. The van der Waals surface area contributed by atoms with Gasteiger partial charge in [-0.3, -0.25) is 4.98 Å². The molecule has 0 saturated carbocycles. The molecule has 0 bridgehead atoms. The molecule has 0 spiro atoms. The van der Waals surface area contributed by atoms with Crippen molar-refractivity contribution in [1.82, 2.24) is 19.6 Å². The highest BCUT2D eigenvalue weighted by Gasteiger charge is 2.40. The topological polar surface area (TPSA) is 144 Å². The summed E-state index contributed by atoms with van der Waals surface area (Å²) < 4.78 is 60.8. The number of pyridine rings is 1. The minimum absolute atomic E-state index is 0.0377. The zero-order chi connectivity index (χ0) is 27.4. The van der Waals surface area contributed by atoms with Crippen LogP contribution >= 0.6 is 11.6 Å². The van der Waals surface area contributed by atoms with Crippen LogP contribution in [0.5, 0.6) is 0 Å². The number of sulfone groups is 1. The predicted octanol–water partition coefficient (Wildman–Crippen LogP) is 3.93. The third kappa shape index (κ3) is 4.28. The summed E-state index contributed by atoms with van der Waals surface area (Å²) in [6, 6.07) is 17.4. The normalized spacial score (nSPS) is 16.6. The smallest absolute Gasteiger partial charge is 0.245 e. The fourth-order valence-corrected chi connectivity index (χ4v) is 8.18. The van der Waals surface area contributed by atoms with Gasteiger partial charge in [-0.2, -0.15) is 4.31 Å². The summed E-state index contributed by atoms with van der Waals surface area (Å²) in [6.45, 7) is 0.0753. The lowest BCUT2D eigenvalue weighted by Gasteiger charge is -2.37. The summed E-state index contributed by atoms with van der Waals surface area (Å²) in [7, 11) is -8.30. The van der Waals surface area contributed by atoms with Gasteiger partial charge in [0.05, 0.1) is 16.0 Å². The first-order valence-electron chi connectivity index (χ1n) is 11.9. The maximum atomic E-state index is 13.7. The highest BCUT2D eigenvalue weighted by molar-refractivity contribution is 7.92. The molecule has 6 rings (SSSR count). The van der Waals surface area contributed by atoms with E-state index < -0.39 is 25.5 Å². The maximum absolute atomic E-state index is 13.7. The fraction of sp³-hybridized carbons (Fsp3) is 0.192. The van der Waals surface area contributed by atoms with Crippen LogP contribution in [0, 0.1) is 0 Å². The van der Waals surface area contributed by atoms with Crippen molar-refractivity contribution in [2.45, 2.75) is 33.1 Å². The molecule has 1 N–H and O–H groups in total. The van der Waals surface area contributed by atoms with Crippen LogP contribution in [0.25, 0.3) is 21.9 Å². The van der Waals surface area contributed by atoms with Gasteiger partial charge in [0.25, 0.3) is 0 Å². The third-order valence-electron chi connectivity index (χ3n) is 7.07. The molecule has 3 aromatic carbocycles. The molecule has 13 heteroatoms. The standard InChI is InChI=1S/C26H21ClN4O6S2/c27-19-8-6-18(7-9-19)26(32)12-15-31(16-13-26)39(35,36)22-11-10-21(24-25(22)30-37-29-24)38(33,34)20-5-1-3-17-4-2-14-28-23(17)20/h1-11,14,32H,12-13,15-16H2. The number of hydrogen-bond acceptors (Lipinski definition) is 9. The number of hydrogen-bond donors (Lipinski definition) is 1. The predicted molar refractivity (Wildman–Crippen MR) is 142 cm³/mol. The van der Waals surface area contributed by atoms with E-state index in [1.807, 2.05) is 0 Å². The molecule has 1 aliphatic heterocycles. The Morgan fingerprint density at radius 3 is 2.13 bits per heavy atom. The Morgan fingerprint density at radius 1 is 0.795 bits per heavy atom. The Kier molecular flexibility index (Phi) is 6.19. The maximum Gasteiger partial charge on any atom is 0.245 e. The molecular weight excluding hydrogens is 564 g/mol. The summed E-state index contributed by atoms with van der Waals surface area (Å²) in [6.07, 6.45) is 1.82. The molecule has 5 aromatic rings. The van der Waals surface area contributed by atoms with Crippen LogP contribution in [0.1, 0.15) is 18.4 Å². The Bertz CT molecular complexity index is 1930. The lowest BCUT2D eigenvalue weighted by molar-refractivity contribution is -0.00960. The Morgan fingerprint density at radius 2 is 1.41 bits per heavy atom. The molecule has 0 radical (unpaired) electrons. The first-order valence-corrected chi connectivity index (χ1v) is 15.2. The summed E-state index contributed by atoms with van der Waals surface area (Å²) in [5.74, 6) is 0. The Labute approximate surface area is 228 Å². The molecule has 200 valence electrons. The minimum Gasteiger partial charge on any atom is -0.385 e. The van der Waals surface area contributed by atoms with Crippen molar-refractivity contribution in [2.75, 3.05) is 13.1 Å². The number of nitrogens with zero attached hydrogens (tertiary/aromatic N) is 4. The summed E-state index contributed by atoms with van der Waals surface area (Å²) in [5, 5.41) is 19.9. The number of sulfonamides is 1. The van der Waals surface area contributed by atoms with E-state index in [1.165, 1.54) is 28.7 Å². The van der Waals surface area contributed by atoms with E-state index in [-0.39, 0.29) is 57.2 Å². The van der Waals surface area contributed by atoms with Crippen LogP contribution in [0.2, 0.25) is 5.02 Å². The first-order chi connectivity index (χ1) is 18.6. The molecule has 1 saturated heterocycles. The van der Waals surface area contributed by atoms with Gasteiger partial charge in [-0.15, -0.1) is 0 Å². The summed E-state index contributed by atoms with van der Waals surface area (Å²) >= 11 is 5.96. The number of benzene rings is 3. The van der Waals surface area contributed by atoms with Crippen molar-refractivity contribution in [2.24, 2.45) is 0 Å². The summed E-state index contributed by atoms with van der Waals surface area (Å²) in [5.41, 5.74) is -0.653. The largest absolute Gasteiger partial charge is 0.385 e. The van der Waals surface area contributed by atoms with Gasteiger partial charge in [0.15, 0.2) is 11.0 Å². The van der Waals surface area contributed by atoms with Gasteiger partial charge in [0, 0.05) is 29.7 Å². The highest BCUT2D eigenvalue weighted by Crippen LogP contribution is 2.37. The molecule has 0 unspecified atom stereocenters. The van der Waals surface area contributed by atoms with Crippen LogP contribution in [0.3, 0.4) is 0 Å². The first kappa shape index (κ1) is 25.8. The van der Waals surface area contributed by atoms with E-state index in [2.05, 4.69) is 15.3 Å². The monoisotopic (exact) mass is 584 g/mol. The highest BCUT2D eigenvalue weighted by atomic mass is 35.5. The molecule has 0 aliphatic carbocycles. The van der Waals surface area contributed by atoms with Gasteiger partial charge < -0.3 is 5.11 Å². The van der Waals surface area contributed by atoms with Crippen LogP contribution in [0.4, 0.5) is 0 Å². The number of rotatable bonds is 5. The number of para-hydroxylation sites is 1. The third-order valence-corrected chi connectivity index (χ3v) is 11.1. The average Bonchev–Trinajstić information content (AvgIpc) is 3.42. The van der Waals surface area contributed by atoms with Crippen LogP contribution in [0.15, 0.2) is 92.2 Å². The van der Waals surface area contributed by atoms with Gasteiger partial charge in [-0.05, 0) is 65.1 Å². The lowest BCUT2D eigenvalue weighted by atomic mass is 9.85. The van der Waals surface area contributed by atoms with Gasteiger partial charge >= 0.3 is 0 Å². The SMILES string of the molecule is O=S(=O)(c1cccc2cccnc12)c1ccc(S(=O)(=O)N2CCC(O)(c3ccc(Cl)cc3)CC2)c2nonc12. The van der Waals surface area contributed by atoms with Crippen molar-refractivity contribution in [3.63, 3.8) is 0 Å². The second-order valence-corrected chi connectivity index (χ2v) is 13.5. The summed E-state index contributed by atoms with van der Waals surface area (Å²) in [4.78, 5) is 3.71. The van der Waals surface area contributed by atoms with Crippen LogP contribution in [-0.4, -0.2) is 54.6 Å². The van der Waals surface area contributed by atoms with E-state index in [1.54, 1.807) is 48.5 Å². The number of piperidine rings is 1. The number of aliphatic hydroxyl groups is 1. The van der Waals surface area contributed by atoms with E-state index in [4.69, 9.17) is 16.2 Å². The molecule has 39 heavy (non-hydrogen) atoms. The van der Waals surface area contributed by atoms with Gasteiger partial charge in [-0.1, -0.05) is 41.9 Å². The van der Waals surface area contributed by atoms with Crippen molar-refractivity contribution in [3.8, 4) is 0 Å². The molecule has 3 heterocycles. The fourth-order valence-electron chi connectivity index (χ4n) is 4.94. The van der Waals surface area contributed by atoms with Crippen molar-refractivity contribution >= 4 is 53.4 Å². The molecule has 1 fully saturated rings. The molecule has 0 amide bonds. The van der Waals surface area contributed by atoms with Crippen molar-refractivity contribution < 1.29 is 26.6 Å². The van der Waals surface area contributed by atoms with Crippen molar-refractivity contribution in [3.05, 3.63) is 83.5 Å². The van der Waals surface area contributed by atoms with E-state index >= 15 is 0 Å². The van der Waals surface area contributed by atoms with E-state index in [9.17, 15) is 21.9 Å². The molecular formula is C26H21ClN4O6S2. The molecule has 1 aliphatic rings. The van der Waals surface area contributed by atoms with Gasteiger partial charge in [0.2, 0.25) is 19.9 Å². The zero-order valence-corrected chi connectivity index (χ0v) is 22.6. The van der Waals surface area contributed by atoms with Gasteiger partial charge in [-0.25, -0.2) is 21.5 Å². The molecule has 0 atom stereocenters. The van der Waals surface area contributed by atoms with E-state index in [0.717, 1.165) is 0 Å². The zero-order valence-electron chi connectivity index (χ0n) is 20.2. The average molecular weight is 585 g/mol. The molecule has 2 aromatic heterocycles. The van der Waals surface area contributed by atoms with Gasteiger partial charge in [0.1, 0.15) is 9.79 Å². The second-order valence-electron chi connectivity index (χ2n) is 9.30. The lowest BCUT2D eigenvalue weighted by Crippen LogP contribution is -2.45. The molecule has 10 nitrogen and oxygen atoms in total. The van der Waals surface area contributed by atoms with E-state index in [0.29, 0.717) is 16.0 Å². The van der Waals surface area contributed by atoms with Crippen molar-refractivity contribution in [1.29, 1.82) is 0 Å². The number of fused-ring (bicyclic) bond motifs is 2. The minimum atomic E-state index is -4.17.